The van der Waals surface area contributed by atoms with Gasteiger partial charge in [-0.05, 0) is 38.0 Å². The summed E-state index contributed by atoms with van der Waals surface area (Å²) in [5.74, 6) is 0.406. The lowest BCUT2D eigenvalue weighted by atomic mass is 10.2. The number of halogens is 1. The summed E-state index contributed by atoms with van der Waals surface area (Å²) in [5, 5.41) is 8.17. The van der Waals surface area contributed by atoms with Gasteiger partial charge in [0.15, 0.2) is 6.10 Å². The second kappa shape index (κ2) is 5.09. The van der Waals surface area contributed by atoms with Crippen LogP contribution in [0.3, 0.4) is 0 Å². The maximum Gasteiger partial charge on any atom is 0.261 e. The summed E-state index contributed by atoms with van der Waals surface area (Å²) in [4.78, 5) is 11.9. The Morgan fingerprint density at radius 2 is 2.30 bits per heavy atom. The minimum absolute atomic E-state index is 0.0821. The molecule has 1 aliphatic carbocycles. The molecule has 106 valence electrons. The number of carbonyl (C=O) groups excluding carboxylic acids is 1. The highest BCUT2D eigenvalue weighted by atomic mass is 79.9. The van der Waals surface area contributed by atoms with Gasteiger partial charge in [0, 0.05) is 17.6 Å². The molecule has 1 saturated carbocycles. The molecule has 5 nitrogen and oxygen atoms in total. The van der Waals surface area contributed by atoms with Crippen molar-refractivity contribution in [3.8, 4) is 5.88 Å². The van der Waals surface area contributed by atoms with Gasteiger partial charge in [0.1, 0.15) is 0 Å². The molecule has 0 saturated heterocycles. The number of hydrogen-bond acceptors (Lipinski definition) is 3. The van der Waals surface area contributed by atoms with Crippen LogP contribution >= 0.6 is 15.9 Å². The van der Waals surface area contributed by atoms with Crippen LogP contribution < -0.4 is 10.1 Å². The molecule has 20 heavy (non-hydrogen) atoms. The number of aryl methyl sites for hydroxylation is 1. The molecule has 1 N–H and O–H groups in total. The van der Waals surface area contributed by atoms with Crippen molar-refractivity contribution in [2.75, 3.05) is 0 Å². The first-order chi connectivity index (χ1) is 9.54. The van der Waals surface area contributed by atoms with Gasteiger partial charge in [0.2, 0.25) is 5.88 Å². The molecule has 1 fully saturated rings. The van der Waals surface area contributed by atoms with Crippen LogP contribution in [-0.4, -0.2) is 27.8 Å². The predicted molar refractivity (Wildman–Crippen MR) is 79.7 cm³/mol. The Balaban J connectivity index is 1.82. The second-order valence-electron chi connectivity index (χ2n) is 5.13. The average molecular weight is 338 g/mol. The molecule has 2 aromatic rings. The first kappa shape index (κ1) is 13.4. The molecule has 1 amide bonds. The number of nitrogens with zero attached hydrogens (tertiary/aromatic N) is 2. The van der Waals surface area contributed by atoms with E-state index in [1.54, 1.807) is 11.6 Å². The monoisotopic (exact) mass is 337 g/mol. The summed E-state index contributed by atoms with van der Waals surface area (Å²) < 4.78 is 8.44. The van der Waals surface area contributed by atoms with E-state index in [9.17, 15) is 4.79 Å². The molecule has 1 atom stereocenters. The zero-order valence-electron chi connectivity index (χ0n) is 11.4. The van der Waals surface area contributed by atoms with Gasteiger partial charge in [-0.3, -0.25) is 9.48 Å². The van der Waals surface area contributed by atoms with Crippen LogP contribution in [0.15, 0.2) is 22.7 Å². The Morgan fingerprint density at radius 3 is 3.00 bits per heavy atom. The van der Waals surface area contributed by atoms with Crippen LogP contribution in [0.2, 0.25) is 0 Å². The minimum atomic E-state index is -0.548. The normalized spacial score (nSPS) is 16.1. The SMILES string of the molecule is C[C@H](Oc1nn(C)c2ccc(Br)cc12)C(=O)NC1CC1. The average Bonchev–Trinajstić information content (AvgIpc) is 3.16. The van der Waals surface area contributed by atoms with E-state index < -0.39 is 6.10 Å². The summed E-state index contributed by atoms with van der Waals surface area (Å²) in [7, 11) is 1.86. The fraction of sp³-hybridized carbons (Fsp3) is 0.429. The molecule has 0 spiro atoms. The molecule has 0 aliphatic heterocycles. The van der Waals surface area contributed by atoms with Gasteiger partial charge in [0.25, 0.3) is 5.91 Å². The highest BCUT2D eigenvalue weighted by molar-refractivity contribution is 9.10. The fourth-order valence-electron chi connectivity index (χ4n) is 2.06. The number of fused-ring (bicyclic) bond motifs is 1. The highest BCUT2D eigenvalue weighted by Crippen LogP contribution is 2.28. The maximum atomic E-state index is 11.9. The summed E-state index contributed by atoms with van der Waals surface area (Å²) in [6.07, 6.45) is 1.59. The van der Waals surface area contributed by atoms with E-state index in [1.165, 1.54) is 0 Å². The minimum Gasteiger partial charge on any atom is -0.463 e. The number of ether oxygens (including phenoxy) is 1. The third-order valence-electron chi connectivity index (χ3n) is 3.36. The molecule has 0 unspecified atom stereocenters. The lowest BCUT2D eigenvalue weighted by Gasteiger charge is -2.12. The number of hydrogen-bond donors (Lipinski definition) is 1. The van der Waals surface area contributed by atoms with Gasteiger partial charge >= 0.3 is 0 Å². The van der Waals surface area contributed by atoms with Gasteiger partial charge in [-0.2, -0.15) is 0 Å². The quantitative estimate of drug-likeness (QED) is 0.931. The van der Waals surface area contributed by atoms with Crippen molar-refractivity contribution in [3.63, 3.8) is 0 Å². The van der Waals surface area contributed by atoms with Crippen molar-refractivity contribution in [1.82, 2.24) is 15.1 Å². The molecule has 1 heterocycles. The van der Waals surface area contributed by atoms with E-state index in [0.29, 0.717) is 11.9 Å². The lowest BCUT2D eigenvalue weighted by Crippen LogP contribution is -2.37. The number of amides is 1. The van der Waals surface area contributed by atoms with Gasteiger partial charge in [-0.15, -0.1) is 5.10 Å². The van der Waals surface area contributed by atoms with Crippen molar-refractivity contribution in [3.05, 3.63) is 22.7 Å². The van der Waals surface area contributed by atoms with Gasteiger partial charge in [0.05, 0.1) is 10.9 Å². The third-order valence-corrected chi connectivity index (χ3v) is 3.85. The highest BCUT2D eigenvalue weighted by Gasteiger charge is 2.27. The Bertz CT molecular complexity index is 664. The third kappa shape index (κ3) is 2.65. The Morgan fingerprint density at radius 1 is 1.55 bits per heavy atom. The second-order valence-corrected chi connectivity index (χ2v) is 6.05. The molecular weight excluding hydrogens is 322 g/mol. The molecule has 3 rings (SSSR count). The molecule has 1 aromatic heterocycles. The van der Waals surface area contributed by atoms with Crippen LogP contribution in [0.1, 0.15) is 19.8 Å². The van der Waals surface area contributed by atoms with E-state index in [0.717, 1.165) is 28.2 Å². The Hall–Kier alpha value is -1.56. The van der Waals surface area contributed by atoms with E-state index >= 15 is 0 Å². The first-order valence-corrected chi connectivity index (χ1v) is 7.43. The van der Waals surface area contributed by atoms with E-state index in [4.69, 9.17) is 4.74 Å². The van der Waals surface area contributed by atoms with Gasteiger partial charge in [-0.1, -0.05) is 15.9 Å². The van der Waals surface area contributed by atoms with Crippen LogP contribution in [0.5, 0.6) is 5.88 Å². The summed E-state index contributed by atoms with van der Waals surface area (Å²) in [6, 6.07) is 6.21. The number of rotatable bonds is 4. The van der Waals surface area contributed by atoms with Crippen molar-refractivity contribution in [1.29, 1.82) is 0 Å². The number of benzene rings is 1. The smallest absolute Gasteiger partial charge is 0.261 e. The predicted octanol–water partition coefficient (Wildman–Crippen LogP) is 2.38. The van der Waals surface area contributed by atoms with Gasteiger partial charge in [-0.25, -0.2) is 0 Å². The Kier molecular flexibility index (Phi) is 3.41. The van der Waals surface area contributed by atoms with Crippen LogP contribution in [0, 0.1) is 0 Å². The standard InChI is InChI=1S/C14H16BrN3O2/c1-8(13(19)16-10-4-5-10)20-14-11-7-9(15)3-6-12(11)18(2)17-14/h3,6-8,10H,4-5H2,1-2H3,(H,16,19)/t8-/m0/s1. The van der Waals surface area contributed by atoms with Crippen LogP contribution in [0.4, 0.5) is 0 Å². The van der Waals surface area contributed by atoms with Crippen LogP contribution in [0.25, 0.3) is 10.9 Å². The zero-order valence-corrected chi connectivity index (χ0v) is 13.0. The Labute approximate surface area is 125 Å². The number of carbonyl (C=O) groups is 1. The van der Waals surface area contributed by atoms with Gasteiger partial charge < -0.3 is 10.1 Å². The molecular formula is C14H16BrN3O2. The van der Waals surface area contributed by atoms with E-state index in [1.807, 2.05) is 25.2 Å². The molecule has 0 bridgehead atoms. The first-order valence-electron chi connectivity index (χ1n) is 6.64. The van der Waals surface area contributed by atoms with Crippen molar-refractivity contribution >= 4 is 32.7 Å². The summed E-state index contributed by atoms with van der Waals surface area (Å²) in [5.41, 5.74) is 0.970. The molecule has 1 aliphatic rings. The molecule has 6 heteroatoms. The number of nitrogens with one attached hydrogen (secondary N) is 1. The zero-order chi connectivity index (χ0) is 14.3. The van der Waals surface area contributed by atoms with Crippen molar-refractivity contribution in [2.24, 2.45) is 7.05 Å². The van der Waals surface area contributed by atoms with E-state index in [2.05, 4.69) is 26.3 Å². The summed E-state index contributed by atoms with van der Waals surface area (Å²) in [6.45, 7) is 1.75. The summed E-state index contributed by atoms with van der Waals surface area (Å²) >= 11 is 3.44. The largest absolute Gasteiger partial charge is 0.463 e. The molecule has 0 radical (unpaired) electrons. The number of aromatic nitrogens is 2. The maximum absolute atomic E-state index is 11.9. The van der Waals surface area contributed by atoms with Crippen molar-refractivity contribution in [2.45, 2.75) is 31.9 Å². The van der Waals surface area contributed by atoms with E-state index in [-0.39, 0.29) is 5.91 Å². The van der Waals surface area contributed by atoms with Crippen LogP contribution in [-0.2, 0) is 11.8 Å². The van der Waals surface area contributed by atoms with Crippen molar-refractivity contribution < 1.29 is 9.53 Å². The lowest BCUT2D eigenvalue weighted by molar-refractivity contribution is -0.127. The fourth-order valence-corrected chi connectivity index (χ4v) is 2.42. The topological polar surface area (TPSA) is 56.2 Å². The molecule has 1 aromatic carbocycles.